The smallest absolute Gasteiger partial charge is 0.341 e. The van der Waals surface area contributed by atoms with E-state index in [4.69, 9.17) is 5.11 Å². The van der Waals surface area contributed by atoms with Gasteiger partial charge < -0.3 is 10.0 Å². The van der Waals surface area contributed by atoms with Crippen LogP contribution in [0.2, 0.25) is 0 Å². The fourth-order valence-corrected chi connectivity index (χ4v) is 2.57. The molecule has 0 aromatic carbocycles. The van der Waals surface area contributed by atoms with E-state index in [1.165, 1.54) is 25.4 Å². The van der Waals surface area contributed by atoms with Crippen LogP contribution in [0.4, 0.5) is 5.82 Å². The third-order valence-corrected chi connectivity index (χ3v) is 3.53. The predicted molar refractivity (Wildman–Crippen MR) is 68.8 cm³/mol. The van der Waals surface area contributed by atoms with Crippen molar-refractivity contribution in [3.05, 3.63) is 18.1 Å². The average molecular weight is 249 g/mol. The molecule has 0 unspecified atom stereocenters. The third kappa shape index (κ3) is 2.78. The molecule has 1 saturated heterocycles. The van der Waals surface area contributed by atoms with Crippen LogP contribution in [-0.2, 0) is 0 Å². The van der Waals surface area contributed by atoms with Crippen molar-refractivity contribution in [2.75, 3.05) is 18.0 Å². The highest BCUT2D eigenvalue weighted by Crippen LogP contribution is 2.26. The molecule has 18 heavy (non-hydrogen) atoms. The van der Waals surface area contributed by atoms with Gasteiger partial charge in [-0.1, -0.05) is 19.8 Å². The molecule has 0 saturated carbocycles. The monoisotopic (exact) mass is 249 g/mol. The summed E-state index contributed by atoms with van der Waals surface area (Å²) >= 11 is 0. The van der Waals surface area contributed by atoms with Crippen LogP contribution in [0.25, 0.3) is 0 Å². The number of rotatable bonds is 4. The van der Waals surface area contributed by atoms with Crippen molar-refractivity contribution in [2.45, 2.75) is 32.6 Å². The standard InChI is InChI=1S/C13H19N3O2/c1-2-3-10-4-6-16(7-5-10)12-11(13(17)18)8-14-9-15-12/h8-10H,2-7H2,1H3,(H,17,18). The second-order valence-electron chi connectivity index (χ2n) is 4.78. The SMILES string of the molecule is CCCC1CCN(c2ncncc2C(=O)O)CC1. The zero-order chi connectivity index (χ0) is 13.0. The Morgan fingerprint density at radius 1 is 1.50 bits per heavy atom. The number of carbonyl (C=O) groups is 1. The Morgan fingerprint density at radius 2 is 2.22 bits per heavy atom. The Kier molecular flexibility index (Phi) is 4.12. The number of carboxylic acids is 1. The van der Waals surface area contributed by atoms with E-state index in [2.05, 4.69) is 21.8 Å². The molecule has 0 bridgehead atoms. The molecule has 0 spiro atoms. The molecule has 0 radical (unpaired) electrons. The average Bonchev–Trinajstić information content (AvgIpc) is 2.40. The van der Waals surface area contributed by atoms with Gasteiger partial charge in [-0.15, -0.1) is 0 Å². The zero-order valence-electron chi connectivity index (χ0n) is 10.7. The number of hydrogen-bond donors (Lipinski definition) is 1. The molecule has 2 heterocycles. The maximum atomic E-state index is 11.1. The maximum absolute atomic E-state index is 11.1. The molecule has 1 fully saturated rings. The number of aromatic carboxylic acids is 1. The molecule has 5 heteroatoms. The number of piperidine rings is 1. The summed E-state index contributed by atoms with van der Waals surface area (Å²) in [6.07, 6.45) is 7.53. The second-order valence-corrected chi connectivity index (χ2v) is 4.78. The quantitative estimate of drug-likeness (QED) is 0.886. The summed E-state index contributed by atoms with van der Waals surface area (Å²) in [7, 11) is 0. The lowest BCUT2D eigenvalue weighted by molar-refractivity contribution is 0.0696. The number of aromatic nitrogens is 2. The van der Waals surface area contributed by atoms with E-state index in [9.17, 15) is 4.79 Å². The van der Waals surface area contributed by atoms with Crippen LogP contribution in [-0.4, -0.2) is 34.1 Å². The summed E-state index contributed by atoms with van der Waals surface area (Å²) in [6.45, 7) is 3.99. The highest BCUT2D eigenvalue weighted by molar-refractivity contribution is 5.92. The molecule has 1 aromatic heterocycles. The first-order chi connectivity index (χ1) is 8.72. The van der Waals surface area contributed by atoms with Gasteiger partial charge in [0, 0.05) is 19.3 Å². The number of hydrogen-bond acceptors (Lipinski definition) is 4. The van der Waals surface area contributed by atoms with E-state index in [1.54, 1.807) is 0 Å². The van der Waals surface area contributed by atoms with Gasteiger partial charge in [-0.2, -0.15) is 0 Å². The summed E-state index contributed by atoms with van der Waals surface area (Å²) in [5, 5.41) is 9.13. The van der Waals surface area contributed by atoms with E-state index in [0.29, 0.717) is 5.82 Å². The van der Waals surface area contributed by atoms with Crippen LogP contribution < -0.4 is 4.90 Å². The highest BCUT2D eigenvalue weighted by Gasteiger charge is 2.23. The van der Waals surface area contributed by atoms with Gasteiger partial charge >= 0.3 is 5.97 Å². The molecule has 0 aliphatic carbocycles. The number of anilines is 1. The number of carboxylic acid groups (broad SMARTS) is 1. The van der Waals surface area contributed by atoms with Crippen LogP contribution in [0.15, 0.2) is 12.5 Å². The minimum Gasteiger partial charge on any atom is -0.477 e. The molecule has 1 aromatic rings. The maximum Gasteiger partial charge on any atom is 0.341 e. The lowest BCUT2D eigenvalue weighted by atomic mass is 9.92. The molecular weight excluding hydrogens is 230 g/mol. The van der Waals surface area contributed by atoms with Gasteiger partial charge in [0.05, 0.1) is 0 Å². The summed E-state index contributed by atoms with van der Waals surface area (Å²) in [5.74, 6) is 0.384. The topological polar surface area (TPSA) is 66.3 Å². The largest absolute Gasteiger partial charge is 0.477 e. The van der Waals surface area contributed by atoms with E-state index in [1.807, 2.05) is 0 Å². The van der Waals surface area contributed by atoms with Crippen molar-refractivity contribution >= 4 is 11.8 Å². The normalized spacial score (nSPS) is 16.8. The fraction of sp³-hybridized carbons (Fsp3) is 0.615. The summed E-state index contributed by atoms with van der Waals surface area (Å²) < 4.78 is 0. The molecule has 0 amide bonds. The molecule has 1 aliphatic rings. The second kappa shape index (κ2) is 5.80. The van der Waals surface area contributed by atoms with Crippen molar-refractivity contribution in [3.8, 4) is 0 Å². The third-order valence-electron chi connectivity index (χ3n) is 3.53. The van der Waals surface area contributed by atoms with Gasteiger partial charge in [0.2, 0.25) is 0 Å². The Labute approximate surface area is 107 Å². The van der Waals surface area contributed by atoms with Crippen LogP contribution >= 0.6 is 0 Å². The zero-order valence-corrected chi connectivity index (χ0v) is 10.7. The predicted octanol–water partition coefficient (Wildman–Crippen LogP) is 2.19. The molecule has 1 aliphatic heterocycles. The van der Waals surface area contributed by atoms with Gasteiger partial charge in [-0.3, -0.25) is 0 Å². The fourth-order valence-electron chi connectivity index (χ4n) is 2.57. The Balaban J connectivity index is 2.07. The summed E-state index contributed by atoms with van der Waals surface area (Å²) in [4.78, 5) is 21.1. The van der Waals surface area contributed by atoms with Crippen LogP contribution in [0.5, 0.6) is 0 Å². The van der Waals surface area contributed by atoms with Crippen molar-refractivity contribution in [1.29, 1.82) is 0 Å². The van der Waals surface area contributed by atoms with Gasteiger partial charge in [-0.05, 0) is 18.8 Å². The lowest BCUT2D eigenvalue weighted by Gasteiger charge is -2.33. The van der Waals surface area contributed by atoms with Gasteiger partial charge in [0.1, 0.15) is 17.7 Å². The van der Waals surface area contributed by atoms with Crippen molar-refractivity contribution in [3.63, 3.8) is 0 Å². The van der Waals surface area contributed by atoms with Crippen LogP contribution in [0.1, 0.15) is 43.0 Å². The molecule has 98 valence electrons. The van der Waals surface area contributed by atoms with Crippen molar-refractivity contribution < 1.29 is 9.90 Å². The summed E-state index contributed by atoms with van der Waals surface area (Å²) in [6, 6.07) is 0. The van der Waals surface area contributed by atoms with E-state index < -0.39 is 5.97 Å². The molecule has 1 N–H and O–H groups in total. The number of nitrogens with zero attached hydrogens (tertiary/aromatic N) is 3. The van der Waals surface area contributed by atoms with Crippen LogP contribution in [0, 0.1) is 5.92 Å². The van der Waals surface area contributed by atoms with E-state index >= 15 is 0 Å². The lowest BCUT2D eigenvalue weighted by Crippen LogP contribution is -2.35. The highest BCUT2D eigenvalue weighted by atomic mass is 16.4. The minimum absolute atomic E-state index is 0.200. The van der Waals surface area contributed by atoms with Gasteiger partial charge in [-0.25, -0.2) is 14.8 Å². The minimum atomic E-state index is -0.957. The molecule has 2 rings (SSSR count). The van der Waals surface area contributed by atoms with E-state index in [0.717, 1.165) is 31.8 Å². The first kappa shape index (κ1) is 12.8. The van der Waals surface area contributed by atoms with Gasteiger partial charge in [0.25, 0.3) is 0 Å². The van der Waals surface area contributed by atoms with Crippen LogP contribution in [0.3, 0.4) is 0 Å². The molecule has 5 nitrogen and oxygen atoms in total. The Hall–Kier alpha value is -1.65. The first-order valence-corrected chi connectivity index (χ1v) is 6.50. The summed E-state index contributed by atoms with van der Waals surface area (Å²) in [5.41, 5.74) is 0.200. The van der Waals surface area contributed by atoms with E-state index in [-0.39, 0.29) is 5.56 Å². The van der Waals surface area contributed by atoms with Gasteiger partial charge in [0.15, 0.2) is 0 Å². The molecular formula is C13H19N3O2. The Morgan fingerprint density at radius 3 is 2.83 bits per heavy atom. The van der Waals surface area contributed by atoms with Crippen molar-refractivity contribution in [2.24, 2.45) is 5.92 Å². The first-order valence-electron chi connectivity index (χ1n) is 6.50. The molecule has 0 atom stereocenters. The Bertz CT molecular complexity index is 414. The van der Waals surface area contributed by atoms with Crippen molar-refractivity contribution in [1.82, 2.24) is 9.97 Å².